The summed E-state index contributed by atoms with van der Waals surface area (Å²) in [5.74, 6) is 2.62. The van der Waals surface area contributed by atoms with Crippen LogP contribution in [0.4, 0.5) is 17.6 Å². The quantitative estimate of drug-likeness (QED) is 0.300. The predicted molar refractivity (Wildman–Crippen MR) is 142 cm³/mol. The molecule has 1 aliphatic rings. The third kappa shape index (κ3) is 5.21. The summed E-state index contributed by atoms with van der Waals surface area (Å²) in [6.07, 6.45) is 13.1. The highest BCUT2D eigenvalue weighted by molar-refractivity contribution is 5.88. The zero-order chi connectivity index (χ0) is 24.7. The lowest BCUT2D eigenvalue weighted by Gasteiger charge is -2.27. The van der Waals surface area contributed by atoms with Gasteiger partial charge in [0.2, 0.25) is 5.95 Å². The van der Waals surface area contributed by atoms with Crippen LogP contribution in [0.25, 0.3) is 27.9 Å². The lowest BCUT2D eigenvalue weighted by Crippen LogP contribution is -2.37. The number of fused-ring (bicyclic) bond motifs is 1. The number of allylic oxidation sites excluding steroid dienone is 5. The molecule has 0 amide bonds. The van der Waals surface area contributed by atoms with Gasteiger partial charge in [0.15, 0.2) is 17.2 Å². The Morgan fingerprint density at radius 3 is 2.78 bits per heavy atom. The number of rotatable bonds is 9. The van der Waals surface area contributed by atoms with E-state index < -0.39 is 0 Å². The number of H-pyrrole nitrogens is 1. The number of aromatic amines is 1. The fourth-order valence-electron chi connectivity index (χ4n) is 4.11. The molecule has 36 heavy (non-hydrogen) atoms. The van der Waals surface area contributed by atoms with Gasteiger partial charge in [0.25, 0.3) is 0 Å². The average molecular weight is 484 g/mol. The number of furan rings is 1. The molecule has 2 N–H and O–H groups in total. The second kappa shape index (κ2) is 11.0. The van der Waals surface area contributed by atoms with Crippen molar-refractivity contribution >= 4 is 34.3 Å². The molecule has 1 fully saturated rings. The van der Waals surface area contributed by atoms with E-state index in [4.69, 9.17) is 19.1 Å². The van der Waals surface area contributed by atoms with E-state index >= 15 is 0 Å². The first kappa shape index (κ1) is 23.5. The van der Waals surface area contributed by atoms with E-state index in [-0.39, 0.29) is 0 Å². The molecular formula is C27H29N7O2. The van der Waals surface area contributed by atoms with Crippen molar-refractivity contribution in [1.82, 2.24) is 25.1 Å². The molecule has 5 heterocycles. The number of anilines is 3. The van der Waals surface area contributed by atoms with Crippen LogP contribution in [0.2, 0.25) is 0 Å². The molecule has 0 aromatic carbocycles. The first-order valence-corrected chi connectivity index (χ1v) is 12.1. The molecule has 5 rings (SSSR count). The van der Waals surface area contributed by atoms with Crippen molar-refractivity contribution in [2.75, 3.05) is 36.5 Å². The number of nitrogens with zero attached hydrogens (tertiary/aromatic N) is 5. The Morgan fingerprint density at radius 2 is 2.00 bits per heavy atom. The predicted octanol–water partition coefficient (Wildman–Crippen LogP) is 5.51. The summed E-state index contributed by atoms with van der Waals surface area (Å²) in [4.78, 5) is 15.9. The van der Waals surface area contributed by atoms with Gasteiger partial charge in [0.1, 0.15) is 11.3 Å². The number of morpholine rings is 1. The normalized spacial score (nSPS) is 14.6. The average Bonchev–Trinajstić information content (AvgIpc) is 3.56. The molecule has 1 aliphatic heterocycles. The second-order valence-electron chi connectivity index (χ2n) is 8.39. The Bertz CT molecular complexity index is 1380. The Morgan fingerprint density at radius 1 is 1.17 bits per heavy atom. The van der Waals surface area contributed by atoms with Crippen molar-refractivity contribution in [3.05, 3.63) is 73.3 Å². The lowest BCUT2D eigenvalue weighted by atomic mass is 10.1. The van der Waals surface area contributed by atoms with Crippen LogP contribution in [0.1, 0.15) is 25.5 Å². The number of nitrogens with one attached hydrogen (secondary N) is 2. The van der Waals surface area contributed by atoms with Crippen molar-refractivity contribution in [3.8, 4) is 11.3 Å². The van der Waals surface area contributed by atoms with Gasteiger partial charge in [-0.2, -0.15) is 10.1 Å². The van der Waals surface area contributed by atoms with Gasteiger partial charge < -0.3 is 19.4 Å². The van der Waals surface area contributed by atoms with Crippen LogP contribution in [-0.2, 0) is 4.74 Å². The number of hydrogen-bond donors (Lipinski definition) is 2. The van der Waals surface area contributed by atoms with Gasteiger partial charge >= 0.3 is 0 Å². The summed E-state index contributed by atoms with van der Waals surface area (Å²) in [5, 5.41) is 10.7. The molecule has 0 unspecified atom stereocenters. The molecule has 9 nitrogen and oxygen atoms in total. The van der Waals surface area contributed by atoms with Crippen LogP contribution >= 0.6 is 0 Å². The number of hydrogen-bond acceptors (Lipinski definition) is 8. The van der Waals surface area contributed by atoms with Gasteiger partial charge in [0, 0.05) is 43.2 Å². The summed E-state index contributed by atoms with van der Waals surface area (Å²) in [7, 11) is 0. The fraction of sp³-hybridized carbons (Fsp3) is 0.259. The van der Waals surface area contributed by atoms with Crippen molar-refractivity contribution in [2.45, 2.75) is 19.8 Å². The number of aromatic nitrogens is 5. The summed E-state index contributed by atoms with van der Waals surface area (Å²) in [6, 6.07) is 7.76. The topological polar surface area (TPSA) is 105 Å². The first-order chi connectivity index (χ1) is 17.7. The standard InChI is InChI=1S/C27H29N7O2/c1-3-5-6-8-20(7-4-2)23-17-22-25(36-23)26(34-13-15-35-16-14-34)31-27(29-22)30-24-18-21(32-33-24)19-9-11-28-12-10-19/h3,5-6,8-12,17-18H,1,4,7,13-16H2,2H3,(H2,29,30,31,32,33)/b6-5-,20-8+. The van der Waals surface area contributed by atoms with Crippen molar-refractivity contribution < 1.29 is 9.15 Å². The van der Waals surface area contributed by atoms with Crippen molar-refractivity contribution in [3.63, 3.8) is 0 Å². The summed E-state index contributed by atoms with van der Waals surface area (Å²) in [5.41, 5.74) is 4.39. The molecule has 0 atom stereocenters. The van der Waals surface area contributed by atoms with Crippen LogP contribution in [-0.4, -0.2) is 51.5 Å². The number of ether oxygens (including phenoxy) is 1. The molecule has 0 saturated carbocycles. The highest BCUT2D eigenvalue weighted by Gasteiger charge is 2.22. The monoisotopic (exact) mass is 483 g/mol. The Kier molecular flexibility index (Phi) is 7.18. The molecule has 9 heteroatoms. The van der Waals surface area contributed by atoms with E-state index in [0.717, 1.165) is 59.9 Å². The van der Waals surface area contributed by atoms with Crippen LogP contribution < -0.4 is 10.2 Å². The summed E-state index contributed by atoms with van der Waals surface area (Å²) < 4.78 is 11.9. The zero-order valence-corrected chi connectivity index (χ0v) is 20.3. The van der Waals surface area contributed by atoms with Gasteiger partial charge in [-0.3, -0.25) is 10.1 Å². The number of pyridine rings is 1. The molecule has 0 radical (unpaired) electrons. The zero-order valence-electron chi connectivity index (χ0n) is 20.3. The second-order valence-corrected chi connectivity index (χ2v) is 8.39. The van der Waals surface area contributed by atoms with Crippen LogP contribution in [0.3, 0.4) is 0 Å². The van der Waals surface area contributed by atoms with E-state index in [0.29, 0.717) is 30.6 Å². The largest absolute Gasteiger partial charge is 0.451 e. The van der Waals surface area contributed by atoms with E-state index in [1.807, 2.05) is 36.4 Å². The van der Waals surface area contributed by atoms with Crippen molar-refractivity contribution in [2.24, 2.45) is 0 Å². The third-order valence-corrected chi connectivity index (χ3v) is 5.85. The maximum Gasteiger partial charge on any atom is 0.231 e. The van der Waals surface area contributed by atoms with Gasteiger partial charge in [-0.25, -0.2) is 4.98 Å². The third-order valence-electron chi connectivity index (χ3n) is 5.85. The van der Waals surface area contributed by atoms with Gasteiger partial charge in [0.05, 0.1) is 18.9 Å². The smallest absolute Gasteiger partial charge is 0.231 e. The van der Waals surface area contributed by atoms with E-state index in [2.05, 4.69) is 45.0 Å². The molecular weight excluding hydrogens is 454 g/mol. The van der Waals surface area contributed by atoms with Crippen LogP contribution in [0, 0.1) is 0 Å². The maximum absolute atomic E-state index is 6.37. The Hall–Kier alpha value is -4.24. The molecule has 4 aromatic rings. The maximum atomic E-state index is 6.37. The molecule has 1 saturated heterocycles. The minimum atomic E-state index is 0.455. The Labute approximate surface area is 209 Å². The van der Waals surface area contributed by atoms with Crippen molar-refractivity contribution in [1.29, 1.82) is 0 Å². The van der Waals surface area contributed by atoms with E-state index in [1.165, 1.54) is 0 Å². The Balaban J connectivity index is 1.52. The van der Waals surface area contributed by atoms with Crippen LogP contribution in [0.15, 0.2) is 72.0 Å². The first-order valence-electron chi connectivity index (χ1n) is 12.1. The SMILES string of the molecule is C=C/C=C\C=C(/CCC)c1cc2nc(Nc3cc(-c4ccncc4)[nH]n3)nc(N3CCOCC3)c2o1. The minimum absolute atomic E-state index is 0.455. The van der Waals surface area contributed by atoms with Crippen LogP contribution in [0.5, 0.6) is 0 Å². The summed E-state index contributed by atoms with van der Waals surface area (Å²) in [6.45, 7) is 8.65. The fourth-order valence-corrected chi connectivity index (χ4v) is 4.11. The highest BCUT2D eigenvalue weighted by Crippen LogP contribution is 2.33. The van der Waals surface area contributed by atoms with E-state index in [9.17, 15) is 0 Å². The molecule has 0 aliphatic carbocycles. The van der Waals surface area contributed by atoms with Gasteiger partial charge in [-0.1, -0.05) is 44.2 Å². The van der Waals surface area contributed by atoms with Gasteiger partial charge in [-0.15, -0.1) is 0 Å². The summed E-state index contributed by atoms with van der Waals surface area (Å²) >= 11 is 0. The van der Waals surface area contributed by atoms with Gasteiger partial charge in [-0.05, 0) is 24.1 Å². The highest BCUT2D eigenvalue weighted by atomic mass is 16.5. The minimum Gasteiger partial charge on any atom is -0.451 e. The molecule has 4 aromatic heterocycles. The molecule has 184 valence electrons. The molecule has 0 bridgehead atoms. The van der Waals surface area contributed by atoms with E-state index in [1.54, 1.807) is 18.5 Å². The lowest BCUT2D eigenvalue weighted by molar-refractivity contribution is 0.122. The molecule has 0 spiro atoms.